The van der Waals surface area contributed by atoms with Gasteiger partial charge in [0.05, 0.1) is 5.56 Å². The predicted molar refractivity (Wildman–Crippen MR) is 110 cm³/mol. The number of aromatic carboxylic acids is 1. The zero-order valence-corrected chi connectivity index (χ0v) is 17.1. The minimum atomic E-state index is -1.13. The second kappa shape index (κ2) is 11.2. The number of carboxylic acid groups (broad SMARTS) is 2. The van der Waals surface area contributed by atoms with Crippen molar-refractivity contribution in [3.8, 4) is 0 Å². The second-order valence-electron chi connectivity index (χ2n) is 6.87. The van der Waals surface area contributed by atoms with Crippen LogP contribution in [0.3, 0.4) is 0 Å². The van der Waals surface area contributed by atoms with E-state index in [0.29, 0.717) is 17.0 Å². The first-order valence-corrected chi connectivity index (χ1v) is 10.6. The maximum absolute atomic E-state index is 11.1. The standard InChI is InChI=1S/C13H11ClO2S.C8H14O3/c14-10-4-6-12(13(15)16)9(8-10)3-5-11-2-1-7-17-11;9-7(8(10)11)6-4-2-1-3-5-6/h1-2,4,6-8H,3,5H2,(H,15,16);6-7,9H,1-5H2,(H,10,11)/t;7-/m.1/s1. The Kier molecular flexibility index (Phi) is 8.96. The lowest BCUT2D eigenvalue weighted by Gasteiger charge is -2.23. The molecule has 0 radical (unpaired) electrons. The Balaban J connectivity index is 0.000000221. The number of aliphatic hydroxyl groups is 1. The number of benzene rings is 1. The number of aryl methyl sites for hydroxylation is 2. The molecule has 0 bridgehead atoms. The third-order valence-electron chi connectivity index (χ3n) is 4.87. The van der Waals surface area contributed by atoms with Crippen LogP contribution in [0.2, 0.25) is 5.02 Å². The quantitative estimate of drug-likeness (QED) is 0.613. The molecule has 3 N–H and O–H groups in total. The highest BCUT2D eigenvalue weighted by Crippen LogP contribution is 2.26. The van der Waals surface area contributed by atoms with Crippen LogP contribution in [0.15, 0.2) is 35.7 Å². The highest BCUT2D eigenvalue weighted by atomic mass is 35.5. The Morgan fingerprint density at radius 1 is 1.11 bits per heavy atom. The highest BCUT2D eigenvalue weighted by Gasteiger charge is 2.26. The molecule has 3 rings (SSSR count). The summed E-state index contributed by atoms with van der Waals surface area (Å²) < 4.78 is 0. The van der Waals surface area contributed by atoms with E-state index in [1.165, 1.54) is 11.3 Å². The number of halogens is 1. The van der Waals surface area contributed by atoms with E-state index in [2.05, 4.69) is 6.07 Å². The Bertz CT molecular complexity index is 769. The Morgan fingerprint density at radius 2 is 1.82 bits per heavy atom. The number of rotatable bonds is 6. The fourth-order valence-electron chi connectivity index (χ4n) is 3.34. The topological polar surface area (TPSA) is 94.8 Å². The summed E-state index contributed by atoms with van der Waals surface area (Å²) in [7, 11) is 0. The molecule has 0 amide bonds. The van der Waals surface area contributed by atoms with Crippen LogP contribution in [0.25, 0.3) is 0 Å². The average molecular weight is 425 g/mol. The molecule has 0 aliphatic heterocycles. The summed E-state index contributed by atoms with van der Waals surface area (Å²) in [6.45, 7) is 0. The fraction of sp³-hybridized carbons (Fsp3) is 0.429. The molecule has 2 aromatic rings. The number of hydrogen-bond donors (Lipinski definition) is 3. The van der Waals surface area contributed by atoms with E-state index in [-0.39, 0.29) is 5.92 Å². The first kappa shape index (κ1) is 22.4. The van der Waals surface area contributed by atoms with Crippen LogP contribution in [0.5, 0.6) is 0 Å². The molecule has 1 atom stereocenters. The van der Waals surface area contributed by atoms with E-state index in [1.54, 1.807) is 29.5 Å². The summed E-state index contributed by atoms with van der Waals surface area (Å²) >= 11 is 7.57. The number of aliphatic carboxylic acids is 1. The molecule has 0 saturated heterocycles. The summed E-state index contributed by atoms with van der Waals surface area (Å²) in [5.41, 5.74) is 1.13. The highest BCUT2D eigenvalue weighted by molar-refractivity contribution is 7.09. The predicted octanol–water partition coefficient (Wildman–Crippen LogP) is 4.90. The Labute approximate surface area is 173 Å². The van der Waals surface area contributed by atoms with Crippen LogP contribution >= 0.6 is 22.9 Å². The smallest absolute Gasteiger partial charge is 0.335 e. The van der Waals surface area contributed by atoms with Gasteiger partial charge in [0.25, 0.3) is 0 Å². The number of thiophene rings is 1. The molecule has 7 heteroatoms. The van der Waals surface area contributed by atoms with Crippen molar-refractivity contribution in [2.24, 2.45) is 5.92 Å². The average Bonchev–Trinajstić information content (AvgIpc) is 3.20. The maximum atomic E-state index is 11.1. The largest absolute Gasteiger partial charge is 0.479 e. The van der Waals surface area contributed by atoms with Gasteiger partial charge in [0.2, 0.25) is 0 Å². The first-order valence-electron chi connectivity index (χ1n) is 9.33. The number of hydrogen-bond acceptors (Lipinski definition) is 4. The van der Waals surface area contributed by atoms with Crippen molar-refractivity contribution >= 4 is 34.9 Å². The van der Waals surface area contributed by atoms with E-state index in [1.807, 2.05) is 11.4 Å². The molecule has 1 fully saturated rings. The van der Waals surface area contributed by atoms with Crippen LogP contribution in [0, 0.1) is 5.92 Å². The van der Waals surface area contributed by atoms with E-state index in [9.17, 15) is 9.59 Å². The minimum absolute atomic E-state index is 0.00116. The number of carboxylic acids is 2. The molecule has 1 aromatic heterocycles. The number of carbonyl (C=O) groups is 2. The SMILES string of the molecule is O=C(O)[C@H](O)C1CCCCC1.O=C(O)c1ccc(Cl)cc1CCc1cccs1. The Morgan fingerprint density at radius 3 is 2.39 bits per heavy atom. The molecule has 1 aliphatic carbocycles. The normalized spacial score (nSPS) is 15.4. The summed E-state index contributed by atoms with van der Waals surface area (Å²) in [4.78, 5) is 22.7. The molecular formula is C21H25ClO5S. The van der Waals surface area contributed by atoms with Gasteiger partial charge in [-0.1, -0.05) is 36.9 Å². The van der Waals surface area contributed by atoms with Crippen molar-refractivity contribution in [2.75, 3.05) is 0 Å². The van der Waals surface area contributed by atoms with Gasteiger partial charge in [0.15, 0.2) is 6.10 Å². The first-order chi connectivity index (χ1) is 13.4. The van der Waals surface area contributed by atoms with Crippen LogP contribution < -0.4 is 0 Å². The number of aliphatic hydroxyl groups excluding tert-OH is 1. The lowest BCUT2D eigenvalue weighted by molar-refractivity contribution is -0.150. The molecule has 0 unspecified atom stereocenters. The molecule has 1 aromatic carbocycles. The third kappa shape index (κ3) is 6.93. The molecule has 1 heterocycles. The molecular weight excluding hydrogens is 400 g/mol. The Hall–Kier alpha value is -1.89. The van der Waals surface area contributed by atoms with Crippen LogP contribution in [-0.2, 0) is 17.6 Å². The van der Waals surface area contributed by atoms with Gasteiger partial charge in [-0.05, 0) is 66.8 Å². The zero-order valence-electron chi connectivity index (χ0n) is 15.5. The van der Waals surface area contributed by atoms with Gasteiger partial charge in [-0.15, -0.1) is 11.3 Å². The van der Waals surface area contributed by atoms with Gasteiger partial charge in [-0.25, -0.2) is 9.59 Å². The summed E-state index contributed by atoms with van der Waals surface area (Å²) in [5, 5.41) is 29.3. The van der Waals surface area contributed by atoms with E-state index < -0.39 is 18.0 Å². The minimum Gasteiger partial charge on any atom is -0.479 e. The van der Waals surface area contributed by atoms with Crippen molar-refractivity contribution in [1.29, 1.82) is 0 Å². The zero-order chi connectivity index (χ0) is 20.5. The van der Waals surface area contributed by atoms with E-state index in [0.717, 1.165) is 37.7 Å². The molecule has 0 spiro atoms. The van der Waals surface area contributed by atoms with Gasteiger partial charge >= 0.3 is 11.9 Å². The molecule has 1 aliphatic rings. The van der Waals surface area contributed by atoms with Gasteiger partial charge < -0.3 is 15.3 Å². The summed E-state index contributed by atoms with van der Waals surface area (Å²) in [6, 6.07) is 8.96. The van der Waals surface area contributed by atoms with Crippen LogP contribution in [0.1, 0.15) is 52.9 Å². The van der Waals surface area contributed by atoms with E-state index >= 15 is 0 Å². The van der Waals surface area contributed by atoms with Gasteiger partial charge in [-0.2, -0.15) is 0 Å². The van der Waals surface area contributed by atoms with Crippen molar-refractivity contribution < 1.29 is 24.9 Å². The van der Waals surface area contributed by atoms with Crippen molar-refractivity contribution in [2.45, 2.75) is 51.0 Å². The van der Waals surface area contributed by atoms with E-state index in [4.69, 9.17) is 26.9 Å². The van der Waals surface area contributed by atoms with Crippen molar-refractivity contribution in [1.82, 2.24) is 0 Å². The van der Waals surface area contributed by atoms with Gasteiger partial charge in [0.1, 0.15) is 0 Å². The monoisotopic (exact) mass is 424 g/mol. The fourth-order valence-corrected chi connectivity index (χ4v) is 4.25. The lowest BCUT2D eigenvalue weighted by atomic mass is 9.85. The lowest BCUT2D eigenvalue weighted by Crippen LogP contribution is -2.30. The van der Waals surface area contributed by atoms with Crippen LogP contribution in [0.4, 0.5) is 0 Å². The second-order valence-corrected chi connectivity index (χ2v) is 8.34. The van der Waals surface area contributed by atoms with Crippen molar-refractivity contribution in [3.63, 3.8) is 0 Å². The van der Waals surface area contributed by atoms with Gasteiger partial charge in [-0.3, -0.25) is 0 Å². The summed E-state index contributed by atoms with van der Waals surface area (Å²) in [5.74, 6) is -1.97. The maximum Gasteiger partial charge on any atom is 0.335 e. The van der Waals surface area contributed by atoms with Crippen molar-refractivity contribution in [3.05, 3.63) is 56.7 Å². The molecule has 152 valence electrons. The molecule has 5 nitrogen and oxygen atoms in total. The van der Waals surface area contributed by atoms with Gasteiger partial charge in [0, 0.05) is 9.90 Å². The third-order valence-corrected chi connectivity index (χ3v) is 6.04. The molecule has 1 saturated carbocycles. The van der Waals surface area contributed by atoms with Crippen LogP contribution in [-0.4, -0.2) is 33.4 Å². The summed E-state index contributed by atoms with van der Waals surface area (Å²) in [6.07, 6.45) is 5.46. The molecule has 28 heavy (non-hydrogen) atoms.